The first kappa shape index (κ1) is 8.31. The van der Waals surface area contributed by atoms with Crippen LogP contribution in [0.1, 0.15) is 18.7 Å². The van der Waals surface area contributed by atoms with Gasteiger partial charge in [-0.05, 0) is 18.8 Å². The van der Waals surface area contributed by atoms with E-state index in [1.165, 1.54) is 17.5 Å². The first-order valence-corrected chi connectivity index (χ1v) is 4.39. The number of rotatable bonds is 3. The highest BCUT2D eigenvalue weighted by Gasteiger charge is 2.29. The van der Waals surface area contributed by atoms with Crippen LogP contribution in [0.4, 0.5) is 5.95 Å². The Balaban J connectivity index is 2.03. The van der Waals surface area contributed by atoms with Crippen molar-refractivity contribution < 1.29 is 0 Å². The van der Waals surface area contributed by atoms with E-state index in [-0.39, 0.29) is 12.0 Å². The monoisotopic (exact) mass is 182 g/mol. The summed E-state index contributed by atoms with van der Waals surface area (Å²) in [6.45, 7) is 0. The zero-order valence-corrected chi connectivity index (χ0v) is 7.35. The maximum Gasteiger partial charge on any atom is 0.240 e. The highest BCUT2D eigenvalue weighted by molar-refractivity contribution is 5.17. The largest absolute Gasteiger partial charge is 0.366 e. The van der Waals surface area contributed by atoms with Crippen LogP contribution in [-0.2, 0) is 6.42 Å². The predicted molar refractivity (Wildman–Crippen MR) is 49.0 cm³/mol. The molecule has 0 aliphatic heterocycles. The summed E-state index contributed by atoms with van der Waals surface area (Å²) in [5, 5.41) is 7.51. The number of hydrogen-bond donors (Lipinski definition) is 3. The Morgan fingerprint density at radius 1 is 1.46 bits per heavy atom. The molecule has 1 saturated carbocycles. The Bertz CT molecular complexity index is 302. The van der Waals surface area contributed by atoms with Crippen molar-refractivity contribution in [2.45, 2.75) is 25.3 Å². The number of anilines is 1. The van der Waals surface area contributed by atoms with E-state index in [0.29, 0.717) is 18.2 Å². The average Bonchev–Trinajstić information content (AvgIpc) is 2.89. The summed E-state index contributed by atoms with van der Waals surface area (Å²) < 4.78 is 1.29. The van der Waals surface area contributed by atoms with Crippen LogP contribution < -0.4 is 17.3 Å². The molecule has 6 nitrogen and oxygen atoms in total. The molecule has 2 rings (SSSR count). The van der Waals surface area contributed by atoms with Crippen molar-refractivity contribution in [1.29, 1.82) is 0 Å². The van der Waals surface area contributed by atoms with E-state index in [9.17, 15) is 0 Å². The fraction of sp³-hybridized carbons (Fsp3) is 0.714. The van der Waals surface area contributed by atoms with Crippen molar-refractivity contribution in [1.82, 2.24) is 14.9 Å². The summed E-state index contributed by atoms with van der Waals surface area (Å²) >= 11 is 0. The Hall–Kier alpha value is -1.30. The molecular weight excluding hydrogens is 168 g/mol. The van der Waals surface area contributed by atoms with E-state index in [2.05, 4.69) is 10.2 Å². The topological polar surface area (TPSA) is 109 Å². The van der Waals surface area contributed by atoms with Gasteiger partial charge in [-0.1, -0.05) is 0 Å². The number of nitrogens with zero attached hydrogens (tertiary/aromatic N) is 3. The summed E-state index contributed by atoms with van der Waals surface area (Å²) in [5.41, 5.74) is 11.3. The molecule has 0 saturated heterocycles. The minimum absolute atomic E-state index is 0.144. The Labute approximate surface area is 76.1 Å². The van der Waals surface area contributed by atoms with Crippen LogP contribution in [0.25, 0.3) is 0 Å². The van der Waals surface area contributed by atoms with Crippen molar-refractivity contribution in [3.8, 4) is 0 Å². The quantitative estimate of drug-likeness (QED) is 0.512. The molecule has 1 heterocycles. The molecule has 72 valence electrons. The van der Waals surface area contributed by atoms with Crippen molar-refractivity contribution in [3.63, 3.8) is 0 Å². The number of nitrogens with two attached hydrogens (primary N) is 3. The fourth-order valence-corrected chi connectivity index (χ4v) is 1.38. The van der Waals surface area contributed by atoms with Crippen molar-refractivity contribution in [2.75, 3.05) is 11.6 Å². The van der Waals surface area contributed by atoms with Crippen LogP contribution in [0.3, 0.4) is 0 Å². The maximum atomic E-state index is 5.91. The van der Waals surface area contributed by atoms with Gasteiger partial charge in [-0.3, -0.25) is 0 Å². The van der Waals surface area contributed by atoms with Crippen LogP contribution in [0.5, 0.6) is 0 Å². The molecule has 0 amide bonds. The molecule has 6 N–H and O–H groups in total. The molecule has 1 aromatic heterocycles. The van der Waals surface area contributed by atoms with Gasteiger partial charge in [0.2, 0.25) is 5.95 Å². The van der Waals surface area contributed by atoms with Gasteiger partial charge < -0.3 is 17.3 Å². The lowest BCUT2D eigenvalue weighted by Gasteiger charge is -2.08. The third-order valence-electron chi connectivity index (χ3n) is 2.44. The zero-order chi connectivity index (χ0) is 9.42. The predicted octanol–water partition coefficient (Wildman–Crippen LogP) is -1.15. The molecule has 13 heavy (non-hydrogen) atoms. The highest BCUT2D eigenvalue weighted by Crippen LogP contribution is 2.32. The van der Waals surface area contributed by atoms with Crippen LogP contribution in [0.15, 0.2) is 0 Å². The number of aromatic nitrogens is 3. The van der Waals surface area contributed by atoms with Gasteiger partial charge in [-0.25, -0.2) is 4.68 Å². The Kier molecular flexibility index (Phi) is 1.84. The van der Waals surface area contributed by atoms with Gasteiger partial charge in [0.25, 0.3) is 0 Å². The van der Waals surface area contributed by atoms with E-state index in [1.54, 1.807) is 0 Å². The molecule has 1 aromatic rings. The van der Waals surface area contributed by atoms with E-state index in [1.807, 2.05) is 0 Å². The summed E-state index contributed by atoms with van der Waals surface area (Å²) in [4.78, 5) is 0. The van der Waals surface area contributed by atoms with E-state index < -0.39 is 0 Å². The highest BCUT2D eigenvalue weighted by atomic mass is 15.4. The minimum atomic E-state index is 0.144. The fourth-order valence-electron chi connectivity index (χ4n) is 1.38. The molecule has 6 heteroatoms. The molecule has 0 aromatic carbocycles. The summed E-state index contributed by atoms with van der Waals surface area (Å²) in [7, 11) is 0. The van der Waals surface area contributed by atoms with E-state index in [4.69, 9.17) is 17.3 Å². The first-order valence-electron chi connectivity index (χ1n) is 4.39. The van der Waals surface area contributed by atoms with Gasteiger partial charge in [0.15, 0.2) is 5.82 Å². The molecule has 1 aliphatic carbocycles. The van der Waals surface area contributed by atoms with Gasteiger partial charge in [0.1, 0.15) is 0 Å². The zero-order valence-electron chi connectivity index (χ0n) is 7.35. The molecule has 1 unspecified atom stereocenters. The van der Waals surface area contributed by atoms with Gasteiger partial charge in [0, 0.05) is 12.5 Å². The third kappa shape index (κ3) is 1.57. The molecular formula is C7H14N6. The summed E-state index contributed by atoms with van der Waals surface area (Å²) in [5.74, 6) is 7.12. The van der Waals surface area contributed by atoms with Gasteiger partial charge in [-0.15, -0.1) is 10.2 Å². The minimum Gasteiger partial charge on any atom is -0.366 e. The van der Waals surface area contributed by atoms with Crippen molar-refractivity contribution in [2.24, 2.45) is 11.7 Å². The lowest BCUT2D eigenvalue weighted by Crippen LogP contribution is -2.28. The number of hydrogen-bond acceptors (Lipinski definition) is 5. The first-order chi connectivity index (χ1) is 6.18. The Morgan fingerprint density at radius 2 is 2.15 bits per heavy atom. The summed E-state index contributed by atoms with van der Waals surface area (Å²) in [6, 6.07) is 0.144. The van der Waals surface area contributed by atoms with Gasteiger partial charge in [0.05, 0.1) is 0 Å². The second-order valence-electron chi connectivity index (χ2n) is 3.55. The second-order valence-corrected chi connectivity index (χ2v) is 3.55. The number of nitrogen functional groups attached to an aromatic ring is 2. The Morgan fingerprint density at radius 3 is 2.62 bits per heavy atom. The smallest absolute Gasteiger partial charge is 0.240 e. The van der Waals surface area contributed by atoms with Crippen LogP contribution in [-0.4, -0.2) is 20.9 Å². The average molecular weight is 182 g/mol. The third-order valence-corrected chi connectivity index (χ3v) is 2.44. The van der Waals surface area contributed by atoms with Gasteiger partial charge in [-0.2, -0.15) is 0 Å². The molecule has 1 atom stereocenters. The molecule has 0 bridgehead atoms. The van der Waals surface area contributed by atoms with E-state index >= 15 is 0 Å². The van der Waals surface area contributed by atoms with Crippen LogP contribution in [0, 0.1) is 5.92 Å². The molecule has 0 spiro atoms. The van der Waals surface area contributed by atoms with Crippen LogP contribution in [0.2, 0.25) is 0 Å². The summed E-state index contributed by atoms with van der Waals surface area (Å²) in [6.07, 6.45) is 3.09. The molecule has 1 aliphatic rings. The van der Waals surface area contributed by atoms with Gasteiger partial charge >= 0.3 is 0 Å². The maximum absolute atomic E-state index is 5.91. The lowest BCUT2D eigenvalue weighted by atomic mass is 10.1. The molecule has 1 fully saturated rings. The lowest BCUT2D eigenvalue weighted by molar-refractivity contribution is 0.567. The molecule has 0 radical (unpaired) electrons. The van der Waals surface area contributed by atoms with Crippen LogP contribution >= 0.6 is 0 Å². The van der Waals surface area contributed by atoms with Crippen molar-refractivity contribution >= 4 is 5.95 Å². The van der Waals surface area contributed by atoms with E-state index in [0.717, 1.165) is 0 Å². The standard InChI is InChI=1S/C7H14N6/c8-5(4-1-2-4)3-6-11-12-7(9)13(6)10/h4-5H,1-3,8,10H2,(H2,9,12). The SMILES string of the molecule is Nc1nnc(CC(N)C2CC2)n1N. The second kappa shape index (κ2) is 2.88. The normalized spacial score (nSPS) is 18.8. The van der Waals surface area contributed by atoms with Crippen molar-refractivity contribution in [3.05, 3.63) is 5.82 Å².